The van der Waals surface area contributed by atoms with Gasteiger partial charge in [-0.1, -0.05) is 6.07 Å². The molecule has 1 aromatic rings. The van der Waals surface area contributed by atoms with Crippen LogP contribution in [0.2, 0.25) is 0 Å². The average Bonchev–Trinajstić information content (AvgIpc) is 2.98. The minimum atomic E-state index is -0.0843. The fourth-order valence-electron chi connectivity index (χ4n) is 2.35. The molecule has 3 N–H and O–H groups in total. The van der Waals surface area contributed by atoms with Crippen LogP contribution in [0.4, 0.5) is 5.69 Å². The first-order valence-electron chi connectivity index (χ1n) is 7.50. The number of nitrogens with one attached hydrogen (secondary N) is 1. The first kappa shape index (κ1) is 18.7. The Balaban J connectivity index is 0.00000242. The normalized spacial score (nSPS) is 17.0. The van der Waals surface area contributed by atoms with Gasteiger partial charge in [-0.05, 0) is 43.9 Å². The Morgan fingerprint density at radius 2 is 2.32 bits per heavy atom. The largest absolute Gasteiger partial charge is 0.399 e. The molecule has 1 amide bonds. The number of nitrogen functional groups attached to an aromatic ring is 1. The van der Waals surface area contributed by atoms with Crippen LogP contribution in [0.15, 0.2) is 18.2 Å². The molecule has 0 radical (unpaired) electrons. The van der Waals surface area contributed by atoms with Crippen molar-refractivity contribution in [3.8, 4) is 0 Å². The zero-order chi connectivity index (χ0) is 15.1. The summed E-state index contributed by atoms with van der Waals surface area (Å²) in [5, 5.41) is 2.89. The van der Waals surface area contributed by atoms with Crippen molar-refractivity contribution in [3.05, 3.63) is 29.3 Å². The van der Waals surface area contributed by atoms with E-state index >= 15 is 0 Å². The third-order valence-corrected chi connectivity index (χ3v) is 3.58. The van der Waals surface area contributed by atoms with Crippen molar-refractivity contribution in [1.29, 1.82) is 0 Å². The lowest BCUT2D eigenvalue weighted by Gasteiger charge is -2.11. The molecule has 1 aliphatic heterocycles. The summed E-state index contributed by atoms with van der Waals surface area (Å²) in [6.45, 7) is 4.64. The molecule has 1 atom stereocenters. The quantitative estimate of drug-likeness (QED) is 0.595. The highest BCUT2D eigenvalue weighted by Gasteiger charge is 2.15. The van der Waals surface area contributed by atoms with E-state index in [4.69, 9.17) is 15.2 Å². The van der Waals surface area contributed by atoms with E-state index in [2.05, 4.69) is 5.32 Å². The van der Waals surface area contributed by atoms with E-state index in [1.807, 2.05) is 13.0 Å². The van der Waals surface area contributed by atoms with Gasteiger partial charge in [-0.3, -0.25) is 4.79 Å². The molecular formula is C16H25ClN2O3. The summed E-state index contributed by atoms with van der Waals surface area (Å²) in [4.78, 5) is 12.0. The van der Waals surface area contributed by atoms with Crippen molar-refractivity contribution in [2.75, 3.05) is 32.1 Å². The Labute approximate surface area is 138 Å². The second-order valence-electron chi connectivity index (χ2n) is 5.39. The highest BCUT2D eigenvalue weighted by molar-refractivity contribution is 5.96. The molecule has 1 aliphatic rings. The minimum absolute atomic E-state index is 0. The number of carbonyl (C=O) groups excluding carboxylic acids is 1. The second kappa shape index (κ2) is 9.66. The number of hydrogen-bond acceptors (Lipinski definition) is 4. The molecule has 2 rings (SSSR count). The number of rotatable bonds is 7. The molecule has 1 heterocycles. The number of carbonyl (C=O) groups is 1. The number of halogens is 1. The van der Waals surface area contributed by atoms with Crippen molar-refractivity contribution in [2.24, 2.45) is 0 Å². The number of aryl methyl sites for hydroxylation is 1. The maximum Gasteiger partial charge on any atom is 0.251 e. The van der Waals surface area contributed by atoms with E-state index in [0.717, 1.165) is 31.4 Å². The fourth-order valence-corrected chi connectivity index (χ4v) is 2.35. The Hall–Kier alpha value is -1.30. The van der Waals surface area contributed by atoms with Gasteiger partial charge in [0.25, 0.3) is 5.91 Å². The lowest BCUT2D eigenvalue weighted by Crippen LogP contribution is -2.26. The Bertz CT molecular complexity index is 476. The highest BCUT2D eigenvalue weighted by Crippen LogP contribution is 2.13. The Kier molecular flexibility index (Phi) is 8.24. The molecule has 1 unspecified atom stereocenters. The molecular weight excluding hydrogens is 304 g/mol. The van der Waals surface area contributed by atoms with Crippen LogP contribution in [-0.2, 0) is 9.47 Å². The van der Waals surface area contributed by atoms with Gasteiger partial charge >= 0.3 is 0 Å². The Morgan fingerprint density at radius 3 is 3.05 bits per heavy atom. The standard InChI is InChI=1S/C16H24N2O3.ClH/c1-12-5-6-13(17)10-15(12)16(19)18-7-3-8-20-11-14-4-2-9-21-14;/h5-6,10,14H,2-4,7-9,11,17H2,1H3,(H,18,19);1H. The van der Waals surface area contributed by atoms with Gasteiger partial charge < -0.3 is 20.5 Å². The maximum atomic E-state index is 12.0. The van der Waals surface area contributed by atoms with Crippen LogP contribution in [0.5, 0.6) is 0 Å². The molecule has 0 bridgehead atoms. The molecule has 5 nitrogen and oxygen atoms in total. The van der Waals surface area contributed by atoms with Crippen molar-refractivity contribution in [2.45, 2.75) is 32.3 Å². The summed E-state index contributed by atoms with van der Waals surface area (Å²) in [6.07, 6.45) is 3.27. The van der Waals surface area contributed by atoms with Crippen LogP contribution < -0.4 is 11.1 Å². The van der Waals surface area contributed by atoms with Crippen LogP contribution in [-0.4, -0.2) is 38.4 Å². The van der Waals surface area contributed by atoms with E-state index in [1.165, 1.54) is 0 Å². The van der Waals surface area contributed by atoms with E-state index in [-0.39, 0.29) is 24.4 Å². The Morgan fingerprint density at radius 1 is 1.50 bits per heavy atom. The smallest absolute Gasteiger partial charge is 0.251 e. The summed E-state index contributed by atoms with van der Waals surface area (Å²) < 4.78 is 11.0. The zero-order valence-corrected chi connectivity index (χ0v) is 13.8. The van der Waals surface area contributed by atoms with Crippen LogP contribution in [0.1, 0.15) is 35.2 Å². The maximum absolute atomic E-state index is 12.0. The minimum Gasteiger partial charge on any atom is -0.399 e. The topological polar surface area (TPSA) is 73.6 Å². The molecule has 22 heavy (non-hydrogen) atoms. The summed E-state index contributed by atoms with van der Waals surface area (Å²) >= 11 is 0. The fraction of sp³-hybridized carbons (Fsp3) is 0.562. The highest BCUT2D eigenvalue weighted by atomic mass is 35.5. The number of nitrogens with two attached hydrogens (primary N) is 1. The van der Waals surface area contributed by atoms with Crippen LogP contribution in [0, 0.1) is 6.92 Å². The molecule has 0 saturated carbocycles. The van der Waals surface area contributed by atoms with Crippen LogP contribution in [0.3, 0.4) is 0 Å². The van der Waals surface area contributed by atoms with Gasteiger partial charge in [-0.2, -0.15) is 0 Å². The van der Waals surface area contributed by atoms with Gasteiger partial charge in [0.2, 0.25) is 0 Å². The first-order chi connectivity index (χ1) is 10.2. The van der Waals surface area contributed by atoms with Gasteiger partial charge in [0.05, 0.1) is 12.7 Å². The lowest BCUT2D eigenvalue weighted by molar-refractivity contribution is 0.0166. The predicted octanol–water partition coefficient (Wildman–Crippen LogP) is 2.31. The molecule has 124 valence electrons. The number of hydrogen-bond donors (Lipinski definition) is 2. The van der Waals surface area contributed by atoms with Crippen LogP contribution in [0.25, 0.3) is 0 Å². The van der Waals surface area contributed by atoms with Gasteiger partial charge in [0.1, 0.15) is 0 Å². The predicted molar refractivity (Wildman–Crippen MR) is 89.6 cm³/mol. The lowest BCUT2D eigenvalue weighted by atomic mass is 10.1. The van der Waals surface area contributed by atoms with Crippen LogP contribution >= 0.6 is 12.4 Å². The zero-order valence-electron chi connectivity index (χ0n) is 13.0. The van der Waals surface area contributed by atoms with Gasteiger partial charge in [0, 0.05) is 31.0 Å². The summed E-state index contributed by atoms with van der Waals surface area (Å²) in [5.41, 5.74) is 7.87. The number of ether oxygens (including phenoxy) is 2. The van der Waals surface area contributed by atoms with E-state index in [9.17, 15) is 4.79 Å². The van der Waals surface area contributed by atoms with Crippen molar-refractivity contribution < 1.29 is 14.3 Å². The van der Waals surface area contributed by atoms with E-state index in [0.29, 0.717) is 31.0 Å². The number of anilines is 1. The second-order valence-corrected chi connectivity index (χ2v) is 5.39. The van der Waals surface area contributed by atoms with Crippen molar-refractivity contribution >= 4 is 24.0 Å². The van der Waals surface area contributed by atoms with Crippen molar-refractivity contribution in [3.63, 3.8) is 0 Å². The average molecular weight is 329 g/mol. The summed E-state index contributed by atoms with van der Waals surface area (Å²) in [6, 6.07) is 5.36. The molecule has 1 aromatic carbocycles. The van der Waals surface area contributed by atoms with Gasteiger partial charge in [0.15, 0.2) is 0 Å². The molecule has 0 aromatic heterocycles. The third-order valence-electron chi connectivity index (χ3n) is 3.58. The molecule has 6 heteroatoms. The third kappa shape index (κ3) is 5.83. The molecule has 1 fully saturated rings. The summed E-state index contributed by atoms with van der Waals surface area (Å²) in [5.74, 6) is -0.0843. The molecule has 0 aliphatic carbocycles. The van der Waals surface area contributed by atoms with E-state index in [1.54, 1.807) is 12.1 Å². The number of amides is 1. The first-order valence-corrected chi connectivity index (χ1v) is 7.50. The van der Waals surface area contributed by atoms with Crippen molar-refractivity contribution in [1.82, 2.24) is 5.32 Å². The summed E-state index contributed by atoms with van der Waals surface area (Å²) in [7, 11) is 0. The SMILES string of the molecule is Cc1ccc(N)cc1C(=O)NCCCOCC1CCCO1.Cl. The molecule has 0 spiro atoms. The monoisotopic (exact) mass is 328 g/mol. The van der Waals surface area contributed by atoms with Gasteiger partial charge in [-0.25, -0.2) is 0 Å². The van der Waals surface area contributed by atoms with Gasteiger partial charge in [-0.15, -0.1) is 12.4 Å². The molecule has 1 saturated heterocycles. The van der Waals surface area contributed by atoms with E-state index < -0.39 is 0 Å². The number of benzene rings is 1.